The monoisotopic (exact) mass is 2820 g/mol. The summed E-state index contributed by atoms with van der Waals surface area (Å²) in [7, 11) is 54.8. The minimum atomic E-state index is -2.13. The number of nitrogens with zero attached hydrogens (tertiary/aromatic N) is 1. The van der Waals surface area contributed by atoms with Gasteiger partial charge in [-0.05, 0) is 177 Å². The molecule has 0 aromatic carbocycles. The van der Waals surface area contributed by atoms with Gasteiger partial charge >= 0.3 is 0 Å². The van der Waals surface area contributed by atoms with Crippen molar-refractivity contribution in [3.8, 4) is 0 Å². The minimum Gasteiger partial charge on any atom is -0.396 e. The van der Waals surface area contributed by atoms with Crippen LogP contribution in [-0.2, 0) is 233 Å². The molecule has 2 N–H and O–H groups in total. The SMILES string of the molecule is C.C.C.CC[N+](F)(CC)CC.CP.CPCl.S=S=S=S=S=S=S=S.[B].[B][C@@H]1O[C@@](CO)(CCO)C(C)[C@@H]1C.[B][C@@H]1O[C@@](CS)(CCS)C(C)[C@@H]1C.[B][C@@H]1O[C@@]2(CCSP(C)(=O)SC2)C(C)[C@@H]1C.[B][C@@H]1O[C@@]2(CCSP(C)(=O)SC2)C(OPC)[C@@H]1C.[B][C@@H]1O[C@@]2(CCSP(C)(=S)SC2)C(C)[C@@H]1C.[B][C@@H]1O[C@@]2(CCSP(C)(=S)SC2)C(OPC)[C@@H]1C.[B][C@@H]1O[C@@]2(CCSP(C)SC2)C(C)[C@@H]1C.[CH3-].[CH3-].[CH3-].[CH3-].[CH3-].[Ni].[Ni].[Ni].[Ni].[Ni]. The number of aliphatic hydroxyl groups is 2. The molecule has 12 rings (SSSR count). The van der Waals surface area contributed by atoms with E-state index in [-0.39, 0.29) is 286 Å². The van der Waals surface area contributed by atoms with E-state index in [1.807, 2.05) is 113 Å². The Labute approximate surface area is 1050 Å². The van der Waals surface area contributed by atoms with Gasteiger partial charge in [0.1, 0.15) is 85.8 Å². The molecule has 12 fully saturated rings. The Balaban J connectivity index is -0.000000121. The van der Waals surface area contributed by atoms with Crippen molar-refractivity contribution in [1.29, 1.82) is 0 Å². The normalized spacial score (nSPS) is 39.4. The Morgan fingerprint density at radius 3 is 1.00 bits per heavy atom. The van der Waals surface area contributed by atoms with Gasteiger partial charge in [-0.15, -0.1) is 93.5 Å². The van der Waals surface area contributed by atoms with Crippen molar-refractivity contribution in [2.45, 2.75) is 265 Å². The van der Waals surface area contributed by atoms with Crippen LogP contribution < -0.4 is 0 Å². The largest absolute Gasteiger partial charge is 0.396 e. The number of aliphatic hydroxyl groups excluding tert-OH is 2. The van der Waals surface area contributed by atoms with Gasteiger partial charge in [-0.3, -0.25) is 0 Å². The number of halogens is 2. The van der Waals surface area contributed by atoms with Crippen LogP contribution in [0.5, 0.6) is 0 Å². The third kappa shape index (κ3) is 57.2. The van der Waals surface area contributed by atoms with Crippen molar-refractivity contribution < 1.29 is 153 Å². The van der Waals surface area contributed by atoms with Crippen molar-refractivity contribution in [1.82, 2.24) is 0 Å². The van der Waals surface area contributed by atoms with E-state index in [1.165, 1.54) is 41.3 Å². The van der Waals surface area contributed by atoms with Crippen molar-refractivity contribution in [2.24, 2.45) is 71.0 Å². The molecule has 12 aliphatic heterocycles. The minimum absolute atomic E-state index is 0. The van der Waals surface area contributed by atoms with Crippen LogP contribution in [0, 0.1) is 108 Å². The first-order chi connectivity index (χ1) is 60.7. The van der Waals surface area contributed by atoms with E-state index < -0.39 is 25.6 Å². The van der Waals surface area contributed by atoms with Crippen LogP contribution in [0.2, 0.25) is 0 Å². The Hall–Kier alpha value is 12.6. The quantitative estimate of drug-likeness (QED) is 0.0453. The zero-order chi connectivity index (χ0) is 99.5. The van der Waals surface area contributed by atoms with Gasteiger partial charge in [-0.2, -0.15) is 25.3 Å². The Morgan fingerprint density at radius 1 is 0.458 bits per heavy atom. The number of hydrogen-bond donors (Lipinski definition) is 4. The third-order valence-corrected chi connectivity index (χ3v) is 80.9. The molecular weight excluding hydrogens is 2650 g/mol. The molecule has 144 heavy (non-hydrogen) atoms. The van der Waals surface area contributed by atoms with Gasteiger partial charge < -0.3 is 98.7 Å². The first-order valence-corrected chi connectivity index (χ1v) is 89.6. The maximum Gasteiger partial charge on any atom is 0.188 e. The average Bonchev–Trinajstić information content (AvgIpc) is 2.05. The zero-order valence-corrected chi connectivity index (χ0v) is 120. The molecule has 17 radical (unpaired) electrons. The first kappa shape index (κ1) is 184. The summed E-state index contributed by atoms with van der Waals surface area (Å²) in [6.07, 6.45) is 6.77. The van der Waals surface area contributed by atoms with Crippen LogP contribution in [0.15, 0.2) is 0 Å². The molecule has 14 nitrogen and oxygen atoms in total. The average molecular weight is 2830 g/mol. The summed E-state index contributed by atoms with van der Waals surface area (Å²) in [6, 6.07) is -1.23. The van der Waals surface area contributed by atoms with Crippen LogP contribution >= 0.6 is 211 Å². The molecule has 16 unspecified atom stereocenters. The molecule has 60 heteroatoms. The number of hydrogen-bond acceptors (Lipinski definition) is 29. The van der Waals surface area contributed by atoms with E-state index in [4.69, 9.17) is 137 Å². The summed E-state index contributed by atoms with van der Waals surface area (Å²) in [5.74, 6) is 16.1. The summed E-state index contributed by atoms with van der Waals surface area (Å²) in [6.45, 7) is 51.7. The first-order valence-electron chi connectivity index (χ1n) is 44.0. The predicted molar refractivity (Wildman–Crippen MR) is 706 cm³/mol. The molecule has 37 atom stereocenters. The van der Waals surface area contributed by atoms with E-state index >= 15 is 0 Å². The van der Waals surface area contributed by atoms with Gasteiger partial charge in [-0.1, -0.05) is 181 Å². The molecule has 0 aromatic heterocycles. The zero-order valence-electron chi connectivity index (χ0n) is 87.8. The molecule has 5 spiro atoms. The number of ether oxygens (including phenoxy) is 7. The second-order valence-electron chi connectivity index (χ2n) is 34.6. The Bertz CT molecular complexity index is 3630. The van der Waals surface area contributed by atoms with Crippen molar-refractivity contribution in [2.75, 3.05) is 162 Å². The van der Waals surface area contributed by atoms with E-state index in [0.717, 1.165) is 95.4 Å². The van der Waals surface area contributed by atoms with Crippen LogP contribution in [0.3, 0.4) is 0 Å². The van der Waals surface area contributed by atoms with Crippen LogP contribution in [0.1, 0.15) is 171 Å². The van der Waals surface area contributed by atoms with Crippen LogP contribution in [0.25, 0.3) is 0 Å². The van der Waals surface area contributed by atoms with Crippen molar-refractivity contribution in [3.05, 3.63) is 37.1 Å². The molecular formula is C84H177B8ClFNNi5O13P9S22-4. The summed E-state index contributed by atoms with van der Waals surface area (Å²) in [5, 5.41) is 18.1. The van der Waals surface area contributed by atoms with Gasteiger partial charge in [0.25, 0.3) is 0 Å². The van der Waals surface area contributed by atoms with Crippen LogP contribution in [0.4, 0.5) is 4.48 Å². The fraction of sp³-hybridized carbons (Fsp3) is 0.940. The molecule has 12 saturated heterocycles. The fourth-order valence-electron chi connectivity index (χ4n) is 16.8. The molecule has 865 valence electrons. The van der Waals surface area contributed by atoms with Crippen LogP contribution in [-0.4, -0.2) is 334 Å². The molecule has 0 aliphatic carbocycles. The standard InChI is InChI=1S/C10H19BO3P2S2.C10H19BO2P2S3.C10H18BO2PS2.C10H18BOPS3.C10H18BOPS2.C9H17BO3.C9H17BOS2.C6H15FN.CH4ClP.CH5P.3CH4.5CH3.B.5Ni.S8/c1-7-8(14-15-2)10(13-9(7)11)4-5-17-16(3,12)18-6-10;1-7-8(13-14-2)10(12-9(7)11)4-5-17-15(3,16)18-6-10;1-7-8(2)10(13-9(7)11)4-5-15-14(3,12)16-6-10;1-7-8(2)10(12-9(7)11)4-5-15-13(3,14)16-6-10;1-7-8(2)10(12-9(7)11)4-5-14-13(3)15-6-10;1-6-7(2)9(5-12,3-4-11)13-8(6)10;1-6-7(2)9(5-13,3-4-12)11-8(6)10;1-4-8(7,5-2)6-3;1-3-2;1-2;;;;;;;;;;;;;;;1-3-5-7-8-6-4-2/h7-9,15H,4-6H2,1-3H3;7-9,14H,4-6H2,1-3H3;2*7-9H,4-6H2,1-3H3;7-9H,4-6H2,1-3H3;6-8,11-12H,3-5H2,1-2H3;6-8,12-13H,3-5H2,1-2H3;4-6H2,1-3H3;3H,1H3;2H2,1H3;3*1H4;5*1H3;;;;;;;/q;;;;;;;+1;;;;;;5*-1;;;;;;;/t7-,8?,9+,10+,16?;7-,8?,9+,10+,15?;7-,8?,9+,10+,14?;2*7-,8?,9+,10+,13?;2*6-,7?,8+,9+;;;;;;;;;;;;;;;;;;/m0000000................../s1. The maximum absolute atomic E-state index is 12.9. The number of thiol groups is 2. The van der Waals surface area contributed by atoms with Gasteiger partial charge in [0, 0.05) is 334 Å². The van der Waals surface area contributed by atoms with Gasteiger partial charge in [0.15, 0.2) is 11.1 Å². The molecule has 0 bridgehead atoms. The summed E-state index contributed by atoms with van der Waals surface area (Å²) >= 11 is 52.4. The summed E-state index contributed by atoms with van der Waals surface area (Å²) < 4.78 is 88.0. The van der Waals surface area contributed by atoms with Crippen molar-refractivity contribution >= 4 is 374 Å². The van der Waals surface area contributed by atoms with E-state index in [2.05, 4.69) is 176 Å². The van der Waals surface area contributed by atoms with E-state index in [9.17, 15) is 18.7 Å². The van der Waals surface area contributed by atoms with E-state index in [0.29, 0.717) is 98.9 Å². The summed E-state index contributed by atoms with van der Waals surface area (Å²) in [5.41, 5.74) is -5.61. The molecule has 0 aromatic rings. The smallest absolute Gasteiger partial charge is 0.188 e. The molecule has 12 aliphatic rings. The molecule has 0 amide bonds. The number of quaternary nitrogens is 1. The Kier molecular flexibility index (Phi) is 116. The molecule has 0 saturated carbocycles. The molecule has 12 heterocycles. The third-order valence-electron chi connectivity index (χ3n) is 27.1. The van der Waals surface area contributed by atoms with Gasteiger partial charge in [-0.25, -0.2) is 0 Å². The summed E-state index contributed by atoms with van der Waals surface area (Å²) in [4.78, 5) is 0. The number of rotatable bonds is 13. The van der Waals surface area contributed by atoms with E-state index in [1.54, 1.807) is 69.7 Å². The van der Waals surface area contributed by atoms with Crippen molar-refractivity contribution in [3.63, 3.8) is 0 Å². The second kappa shape index (κ2) is 90.6. The van der Waals surface area contributed by atoms with Gasteiger partial charge in [0.05, 0.1) is 55.7 Å². The predicted octanol–water partition coefficient (Wildman–Crippen LogP) is 25.5. The fourth-order valence-corrected chi connectivity index (χ4v) is 63.9. The van der Waals surface area contributed by atoms with Gasteiger partial charge in [0.2, 0.25) is 0 Å². The maximum atomic E-state index is 12.9. The topological polar surface area (TPSA) is 158 Å². The Morgan fingerprint density at radius 2 is 0.729 bits per heavy atom. The second-order valence-corrected chi connectivity index (χ2v) is 101.